The molecule has 0 spiro atoms. The maximum Gasteiger partial charge on any atom is 0.314 e. The van der Waals surface area contributed by atoms with Gasteiger partial charge < -0.3 is 20.3 Å². The molecule has 3 aromatic rings. The lowest BCUT2D eigenvalue weighted by Gasteiger charge is -2.34. The Morgan fingerprint density at radius 1 is 1.16 bits per heavy atom. The number of anilines is 1. The molecule has 1 aliphatic rings. The molecular weight excluding hydrogens is 431 g/mol. The SMILES string of the molecule is COc1ccc(Cc2ccc(N3CCN(C(N)=O)CC3)nc2)c(F)c1-c1cccc(Cl)c1. The van der Waals surface area contributed by atoms with Gasteiger partial charge >= 0.3 is 6.03 Å². The minimum atomic E-state index is -0.397. The normalized spacial score (nSPS) is 13.8. The van der Waals surface area contributed by atoms with E-state index in [0.717, 1.165) is 11.4 Å². The van der Waals surface area contributed by atoms with Crippen molar-refractivity contribution in [3.8, 4) is 16.9 Å². The van der Waals surface area contributed by atoms with Gasteiger partial charge in [-0.15, -0.1) is 0 Å². The molecule has 0 atom stereocenters. The molecule has 1 fully saturated rings. The van der Waals surface area contributed by atoms with Crippen molar-refractivity contribution in [3.05, 3.63) is 76.7 Å². The molecule has 4 rings (SSSR count). The summed E-state index contributed by atoms with van der Waals surface area (Å²) < 4.78 is 20.9. The van der Waals surface area contributed by atoms with Crippen molar-refractivity contribution >= 4 is 23.4 Å². The van der Waals surface area contributed by atoms with Gasteiger partial charge in [-0.3, -0.25) is 0 Å². The number of carbonyl (C=O) groups is 1. The number of aromatic nitrogens is 1. The third-order valence-electron chi connectivity index (χ3n) is 5.64. The first-order valence-corrected chi connectivity index (χ1v) is 10.7. The number of carbonyl (C=O) groups excluding carboxylic acids is 1. The molecule has 2 amide bonds. The first-order chi connectivity index (χ1) is 15.5. The van der Waals surface area contributed by atoms with Gasteiger partial charge in [-0.05, 0) is 41.0 Å². The maximum atomic E-state index is 15.5. The second kappa shape index (κ2) is 9.44. The van der Waals surface area contributed by atoms with Crippen molar-refractivity contribution in [2.75, 3.05) is 38.2 Å². The van der Waals surface area contributed by atoms with Crippen LogP contribution in [0.2, 0.25) is 5.02 Å². The molecule has 0 aliphatic carbocycles. The van der Waals surface area contributed by atoms with E-state index >= 15 is 4.39 Å². The Labute approximate surface area is 191 Å². The number of primary amides is 1. The first kappa shape index (κ1) is 21.9. The number of rotatable bonds is 5. The van der Waals surface area contributed by atoms with E-state index in [1.807, 2.05) is 18.2 Å². The Bertz CT molecular complexity index is 1120. The van der Waals surface area contributed by atoms with Crippen LogP contribution in [0.5, 0.6) is 5.75 Å². The van der Waals surface area contributed by atoms with Crippen LogP contribution in [0.4, 0.5) is 15.0 Å². The number of amides is 2. The first-order valence-electron chi connectivity index (χ1n) is 10.3. The predicted octanol–water partition coefficient (Wildman–Crippen LogP) is 4.34. The monoisotopic (exact) mass is 454 g/mol. The Hall–Kier alpha value is -3.32. The van der Waals surface area contributed by atoms with E-state index in [2.05, 4.69) is 9.88 Å². The summed E-state index contributed by atoms with van der Waals surface area (Å²) in [5.41, 5.74) is 7.84. The molecular formula is C24H24ClFN4O2. The summed E-state index contributed by atoms with van der Waals surface area (Å²) in [6, 6.07) is 14.1. The number of hydrogen-bond donors (Lipinski definition) is 1. The number of hydrogen-bond acceptors (Lipinski definition) is 4. The van der Waals surface area contributed by atoms with Crippen LogP contribution in [-0.4, -0.2) is 49.2 Å². The molecule has 1 aliphatic heterocycles. The van der Waals surface area contributed by atoms with Crippen molar-refractivity contribution < 1.29 is 13.9 Å². The Kier molecular flexibility index (Phi) is 6.46. The highest BCUT2D eigenvalue weighted by Gasteiger charge is 2.20. The molecule has 0 unspecified atom stereocenters. The van der Waals surface area contributed by atoms with E-state index < -0.39 is 6.03 Å². The second-order valence-electron chi connectivity index (χ2n) is 7.64. The van der Waals surface area contributed by atoms with Crippen LogP contribution < -0.4 is 15.4 Å². The molecule has 2 N–H and O–H groups in total. The van der Waals surface area contributed by atoms with Crippen LogP contribution in [0.25, 0.3) is 11.1 Å². The van der Waals surface area contributed by atoms with Gasteiger partial charge in [0.15, 0.2) is 0 Å². The molecule has 2 heterocycles. The van der Waals surface area contributed by atoms with E-state index in [0.29, 0.717) is 60.1 Å². The lowest BCUT2D eigenvalue weighted by molar-refractivity contribution is 0.204. The van der Waals surface area contributed by atoms with Crippen LogP contribution >= 0.6 is 11.6 Å². The van der Waals surface area contributed by atoms with Crippen molar-refractivity contribution in [1.29, 1.82) is 0 Å². The number of halogens is 2. The largest absolute Gasteiger partial charge is 0.496 e. The van der Waals surface area contributed by atoms with Crippen LogP contribution in [0.3, 0.4) is 0 Å². The molecule has 0 bridgehead atoms. The van der Waals surface area contributed by atoms with Gasteiger partial charge in [0.1, 0.15) is 17.4 Å². The molecule has 1 saturated heterocycles. The average Bonchev–Trinajstić information content (AvgIpc) is 2.80. The third-order valence-corrected chi connectivity index (χ3v) is 5.87. The van der Waals surface area contributed by atoms with Gasteiger partial charge in [0.2, 0.25) is 0 Å². The molecule has 2 aromatic carbocycles. The summed E-state index contributed by atoms with van der Waals surface area (Å²) in [5.74, 6) is 0.947. The Morgan fingerprint density at radius 2 is 1.94 bits per heavy atom. The molecule has 166 valence electrons. The van der Waals surface area contributed by atoms with E-state index in [1.165, 1.54) is 7.11 Å². The topological polar surface area (TPSA) is 71.7 Å². The van der Waals surface area contributed by atoms with Crippen LogP contribution in [0, 0.1) is 5.82 Å². The van der Waals surface area contributed by atoms with Gasteiger partial charge in [0, 0.05) is 43.8 Å². The van der Waals surface area contributed by atoms with Crippen molar-refractivity contribution in [3.63, 3.8) is 0 Å². The third kappa shape index (κ3) is 4.62. The Morgan fingerprint density at radius 3 is 2.56 bits per heavy atom. The van der Waals surface area contributed by atoms with E-state index in [4.69, 9.17) is 22.1 Å². The fourth-order valence-electron chi connectivity index (χ4n) is 3.91. The lowest BCUT2D eigenvalue weighted by Crippen LogP contribution is -2.50. The van der Waals surface area contributed by atoms with Crippen LogP contribution in [0.1, 0.15) is 11.1 Å². The fourth-order valence-corrected chi connectivity index (χ4v) is 4.10. The number of ether oxygens (including phenoxy) is 1. The molecule has 0 saturated carbocycles. The highest BCUT2D eigenvalue weighted by molar-refractivity contribution is 6.30. The van der Waals surface area contributed by atoms with E-state index in [9.17, 15) is 4.79 Å². The summed E-state index contributed by atoms with van der Waals surface area (Å²) in [6.07, 6.45) is 2.16. The van der Waals surface area contributed by atoms with Gasteiger partial charge in [0.05, 0.1) is 12.7 Å². The predicted molar refractivity (Wildman–Crippen MR) is 124 cm³/mol. The lowest BCUT2D eigenvalue weighted by atomic mass is 9.97. The molecule has 32 heavy (non-hydrogen) atoms. The summed E-state index contributed by atoms with van der Waals surface area (Å²) in [4.78, 5) is 19.6. The van der Waals surface area contributed by atoms with Gasteiger partial charge in [-0.25, -0.2) is 14.2 Å². The number of pyridine rings is 1. The van der Waals surface area contributed by atoms with Gasteiger partial charge in [-0.1, -0.05) is 35.9 Å². The molecule has 6 nitrogen and oxygen atoms in total. The maximum absolute atomic E-state index is 15.5. The highest BCUT2D eigenvalue weighted by atomic mass is 35.5. The highest BCUT2D eigenvalue weighted by Crippen LogP contribution is 2.36. The smallest absolute Gasteiger partial charge is 0.314 e. The van der Waals surface area contributed by atoms with Crippen molar-refractivity contribution in [2.24, 2.45) is 5.73 Å². The Balaban J connectivity index is 1.53. The summed E-state index contributed by atoms with van der Waals surface area (Å²) in [5, 5.41) is 0.533. The zero-order valence-electron chi connectivity index (χ0n) is 17.7. The van der Waals surface area contributed by atoms with E-state index in [-0.39, 0.29) is 5.82 Å². The number of nitrogens with two attached hydrogens (primary N) is 1. The quantitative estimate of drug-likeness (QED) is 0.622. The van der Waals surface area contributed by atoms with Gasteiger partial charge in [0.25, 0.3) is 0 Å². The summed E-state index contributed by atoms with van der Waals surface area (Å²) in [6.45, 7) is 2.49. The van der Waals surface area contributed by atoms with Crippen molar-refractivity contribution in [1.82, 2.24) is 9.88 Å². The number of nitrogens with zero attached hydrogens (tertiary/aromatic N) is 3. The zero-order chi connectivity index (χ0) is 22.7. The molecule has 1 aromatic heterocycles. The van der Waals surface area contributed by atoms with E-state index in [1.54, 1.807) is 41.4 Å². The fraction of sp³-hybridized carbons (Fsp3) is 0.250. The number of methoxy groups -OCH3 is 1. The molecule has 8 heteroatoms. The minimum absolute atomic E-state index is 0.335. The van der Waals surface area contributed by atoms with Crippen LogP contribution in [0.15, 0.2) is 54.7 Å². The number of benzene rings is 2. The number of urea groups is 1. The van der Waals surface area contributed by atoms with Crippen LogP contribution in [-0.2, 0) is 6.42 Å². The standard InChI is InChI=1S/C24H24ClFN4O2/c1-32-20-7-6-18(23(26)22(20)17-3-2-4-19(25)14-17)13-16-5-8-21(28-15-16)29-9-11-30(12-10-29)24(27)31/h2-8,14-15H,9-13H2,1H3,(H2,27,31). The average molecular weight is 455 g/mol. The molecule has 0 radical (unpaired) electrons. The summed E-state index contributed by atoms with van der Waals surface area (Å²) >= 11 is 6.11. The van der Waals surface area contributed by atoms with Gasteiger partial charge in [-0.2, -0.15) is 0 Å². The number of piperazine rings is 1. The second-order valence-corrected chi connectivity index (χ2v) is 8.08. The minimum Gasteiger partial charge on any atom is -0.496 e. The summed E-state index contributed by atoms with van der Waals surface area (Å²) in [7, 11) is 1.52. The zero-order valence-corrected chi connectivity index (χ0v) is 18.5. The van der Waals surface area contributed by atoms with Crippen molar-refractivity contribution in [2.45, 2.75) is 6.42 Å².